The monoisotopic (exact) mass is 436 g/mol. The Hall–Kier alpha value is -2.48. The van der Waals surface area contributed by atoms with E-state index in [0.717, 1.165) is 32.2 Å². The van der Waals surface area contributed by atoms with Crippen molar-refractivity contribution in [3.8, 4) is 11.5 Å². The zero-order valence-electron chi connectivity index (χ0n) is 18.8. The maximum atomic E-state index is 12.1. The SMILES string of the molecule is CNC(=O)NCCCCCCCCCCCCNC(=O)[C@H](N)Cc1ccc(O)c(O)c1. The molecule has 0 aliphatic rings. The van der Waals surface area contributed by atoms with Gasteiger partial charge in [0.25, 0.3) is 0 Å². The summed E-state index contributed by atoms with van der Waals surface area (Å²) in [6.07, 6.45) is 11.9. The molecule has 7 N–H and O–H groups in total. The van der Waals surface area contributed by atoms with E-state index in [2.05, 4.69) is 16.0 Å². The lowest BCUT2D eigenvalue weighted by atomic mass is 10.0. The van der Waals surface area contributed by atoms with Gasteiger partial charge in [0.1, 0.15) is 0 Å². The average molecular weight is 437 g/mol. The Morgan fingerprint density at radius 2 is 1.35 bits per heavy atom. The molecule has 31 heavy (non-hydrogen) atoms. The molecule has 1 aromatic carbocycles. The van der Waals surface area contributed by atoms with Crippen LogP contribution in [0.15, 0.2) is 18.2 Å². The van der Waals surface area contributed by atoms with Gasteiger partial charge in [-0.3, -0.25) is 4.79 Å². The van der Waals surface area contributed by atoms with Crippen LogP contribution in [0.5, 0.6) is 11.5 Å². The lowest BCUT2D eigenvalue weighted by Crippen LogP contribution is -2.42. The fourth-order valence-electron chi connectivity index (χ4n) is 3.34. The lowest BCUT2D eigenvalue weighted by Gasteiger charge is -2.13. The van der Waals surface area contributed by atoms with Crippen LogP contribution in [0.25, 0.3) is 0 Å². The highest BCUT2D eigenvalue weighted by atomic mass is 16.3. The Kier molecular flexibility index (Phi) is 13.9. The molecule has 176 valence electrons. The van der Waals surface area contributed by atoms with Gasteiger partial charge in [0.05, 0.1) is 6.04 Å². The molecule has 1 rings (SSSR count). The Labute approximate surface area is 186 Å². The second-order valence-corrected chi connectivity index (χ2v) is 7.97. The van der Waals surface area contributed by atoms with Crippen molar-refractivity contribution in [2.24, 2.45) is 5.73 Å². The smallest absolute Gasteiger partial charge is 0.314 e. The van der Waals surface area contributed by atoms with E-state index in [0.29, 0.717) is 18.5 Å². The minimum Gasteiger partial charge on any atom is -0.504 e. The van der Waals surface area contributed by atoms with Crippen LogP contribution in [0, 0.1) is 0 Å². The number of aromatic hydroxyl groups is 2. The van der Waals surface area contributed by atoms with Crippen molar-refractivity contribution < 1.29 is 19.8 Å². The first-order valence-corrected chi connectivity index (χ1v) is 11.4. The molecule has 0 heterocycles. The molecule has 0 spiro atoms. The molecule has 1 aromatic rings. The Morgan fingerprint density at radius 1 is 0.839 bits per heavy atom. The summed E-state index contributed by atoms with van der Waals surface area (Å²) in [5.74, 6) is -0.591. The third kappa shape index (κ3) is 12.7. The zero-order valence-corrected chi connectivity index (χ0v) is 18.8. The fraction of sp³-hybridized carbons (Fsp3) is 0.652. The normalized spacial score (nSPS) is 11.7. The molecule has 0 fully saturated rings. The predicted molar refractivity (Wildman–Crippen MR) is 123 cm³/mol. The molecule has 0 aliphatic heterocycles. The largest absolute Gasteiger partial charge is 0.504 e. The number of benzene rings is 1. The molecule has 0 saturated heterocycles. The number of urea groups is 1. The number of nitrogens with two attached hydrogens (primary N) is 1. The van der Waals surface area contributed by atoms with Crippen LogP contribution in [0.2, 0.25) is 0 Å². The number of unbranched alkanes of at least 4 members (excludes halogenated alkanes) is 9. The summed E-state index contributed by atoms with van der Waals surface area (Å²) in [5.41, 5.74) is 6.63. The molecule has 0 unspecified atom stereocenters. The van der Waals surface area contributed by atoms with Gasteiger partial charge in [-0.2, -0.15) is 0 Å². The van der Waals surface area contributed by atoms with Crippen LogP contribution in [0.1, 0.15) is 69.8 Å². The summed E-state index contributed by atoms with van der Waals surface area (Å²) in [4.78, 5) is 23.1. The summed E-state index contributed by atoms with van der Waals surface area (Å²) in [7, 11) is 1.62. The molecule has 0 saturated carbocycles. The van der Waals surface area contributed by atoms with E-state index in [4.69, 9.17) is 5.73 Å². The molecule has 1 atom stereocenters. The summed E-state index contributed by atoms with van der Waals surface area (Å²) in [6, 6.07) is 3.67. The van der Waals surface area contributed by atoms with Gasteiger partial charge in [-0.05, 0) is 37.0 Å². The maximum absolute atomic E-state index is 12.1. The highest BCUT2D eigenvalue weighted by molar-refractivity contribution is 5.81. The first-order valence-electron chi connectivity index (χ1n) is 11.4. The number of hydrogen-bond donors (Lipinski definition) is 6. The maximum Gasteiger partial charge on any atom is 0.314 e. The van der Waals surface area contributed by atoms with Crippen molar-refractivity contribution in [1.82, 2.24) is 16.0 Å². The van der Waals surface area contributed by atoms with E-state index in [-0.39, 0.29) is 23.4 Å². The van der Waals surface area contributed by atoms with Gasteiger partial charge in [0, 0.05) is 20.1 Å². The summed E-state index contributed by atoms with van der Waals surface area (Å²) < 4.78 is 0. The van der Waals surface area contributed by atoms with Gasteiger partial charge >= 0.3 is 6.03 Å². The van der Waals surface area contributed by atoms with Crippen molar-refractivity contribution in [2.75, 3.05) is 20.1 Å². The number of carbonyl (C=O) groups excluding carboxylic acids is 2. The van der Waals surface area contributed by atoms with Crippen molar-refractivity contribution in [1.29, 1.82) is 0 Å². The van der Waals surface area contributed by atoms with Crippen LogP contribution >= 0.6 is 0 Å². The average Bonchev–Trinajstić information content (AvgIpc) is 2.76. The minimum absolute atomic E-state index is 0.113. The van der Waals surface area contributed by atoms with E-state index in [1.54, 1.807) is 13.1 Å². The van der Waals surface area contributed by atoms with Gasteiger partial charge in [-0.15, -0.1) is 0 Å². The second-order valence-electron chi connectivity index (χ2n) is 7.97. The molecule has 8 nitrogen and oxygen atoms in total. The molecular formula is C23H40N4O4. The van der Waals surface area contributed by atoms with Crippen LogP contribution < -0.4 is 21.7 Å². The van der Waals surface area contributed by atoms with Crippen molar-refractivity contribution in [3.63, 3.8) is 0 Å². The summed E-state index contributed by atoms with van der Waals surface area (Å²) in [5, 5.41) is 27.0. The van der Waals surface area contributed by atoms with Gasteiger partial charge < -0.3 is 31.9 Å². The minimum atomic E-state index is -0.677. The number of nitrogens with one attached hydrogen (secondary N) is 3. The fourth-order valence-corrected chi connectivity index (χ4v) is 3.34. The Morgan fingerprint density at radius 3 is 1.87 bits per heavy atom. The number of phenols is 2. The number of carbonyl (C=O) groups is 2. The molecule has 0 radical (unpaired) electrons. The summed E-state index contributed by atoms with van der Waals surface area (Å²) >= 11 is 0. The second kappa shape index (κ2) is 16.2. The van der Waals surface area contributed by atoms with E-state index in [1.165, 1.54) is 50.7 Å². The van der Waals surface area contributed by atoms with E-state index < -0.39 is 6.04 Å². The summed E-state index contributed by atoms with van der Waals surface area (Å²) in [6.45, 7) is 1.36. The molecule has 3 amide bonds. The number of rotatable bonds is 16. The third-order valence-electron chi connectivity index (χ3n) is 5.25. The van der Waals surface area contributed by atoms with Gasteiger partial charge in [-0.1, -0.05) is 57.4 Å². The number of hydrogen-bond acceptors (Lipinski definition) is 5. The number of amides is 3. The van der Waals surface area contributed by atoms with E-state index >= 15 is 0 Å². The standard InChI is InChI=1S/C23H40N4O4/c1-25-23(31)27-15-11-9-7-5-3-2-4-6-8-10-14-26-22(30)19(24)16-18-12-13-20(28)21(29)17-18/h12-13,17,19,28-29H,2-11,14-16,24H2,1H3,(H,26,30)(H2,25,27,31)/t19-/m1/s1. The molecular weight excluding hydrogens is 396 g/mol. The third-order valence-corrected chi connectivity index (χ3v) is 5.25. The van der Waals surface area contributed by atoms with Crippen LogP contribution in [0.4, 0.5) is 4.79 Å². The highest BCUT2D eigenvalue weighted by Gasteiger charge is 2.14. The van der Waals surface area contributed by atoms with Crippen molar-refractivity contribution in [3.05, 3.63) is 23.8 Å². The van der Waals surface area contributed by atoms with Crippen LogP contribution in [-0.2, 0) is 11.2 Å². The van der Waals surface area contributed by atoms with E-state index in [9.17, 15) is 19.8 Å². The quantitative estimate of drug-likeness (QED) is 0.175. The predicted octanol–water partition coefficient (Wildman–Crippen LogP) is 2.91. The Bertz CT molecular complexity index is 654. The lowest BCUT2D eigenvalue weighted by molar-refractivity contribution is -0.122. The van der Waals surface area contributed by atoms with E-state index in [1.807, 2.05) is 0 Å². The molecule has 8 heteroatoms. The number of phenolic OH excluding ortho intramolecular Hbond substituents is 2. The Balaban J connectivity index is 1.92. The topological polar surface area (TPSA) is 137 Å². The van der Waals surface area contributed by atoms with Gasteiger partial charge in [0.15, 0.2) is 11.5 Å². The van der Waals surface area contributed by atoms with Gasteiger partial charge in [0.2, 0.25) is 5.91 Å². The molecule has 0 aliphatic carbocycles. The highest BCUT2D eigenvalue weighted by Crippen LogP contribution is 2.25. The van der Waals surface area contributed by atoms with Crippen LogP contribution in [0.3, 0.4) is 0 Å². The molecule has 0 bridgehead atoms. The molecule has 0 aromatic heterocycles. The zero-order chi connectivity index (χ0) is 22.9. The first-order chi connectivity index (χ1) is 14.9. The van der Waals surface area contributed by atoms with Crippen molar-refractivity contribution >= 4 is 11.9 Å². The van der Waals surface area contributed by atoms with Crippen LogP contribution in [-0.4, -0.2) is 48.3 Å². The van der Waals surface area contributed by atoms with Gasteiger partial charge in [-0.25, -0.2) is 4.79 Å². The van der Waals surface area contributed by atoms with Crippen molar-refractivity contribution in [2.45, 2.75) is 76.7 Å². The first kappa shape index (κ1) is 26.6.